The second-order valence-corrected chi connectivity index (χ2v) is 7.06. The van der Waals surface area contributed by atoms with E-state index in [1.165, 1.54) is 12.1 Å². The van der Waals surface area contributed by atoms with Crippen molar-refractivity contribution in [2.75, 3.05) is 25.0 Å². The van der Waals surface area contributed by atoms with Crippen LogP contribution in [-0.4, -0.2) is 41.7 Å². The summed E-state index contributed by atoms with van der Waals surface area (Å²) in [4.78, 5) is 14.3. The van der Waals surface area contributed by atoms with E-state index in [-0.39, 0.29) is 24.1 Å². The molecule has 1 aliphatic rings. The van der Waals surface area contributed by atoms with Crippen molar-refractivity contribution in [1.82, 2.24) is 4.90 Å². The van der Waals surface area contributed by atoms with Gasteiger partial charge in [0, 0.05) is 30.9 Å². The number of phenols is 1. The highest BCUT2D eigenvalue weighted by Gasteiger charge is 2.30. The highest BCUT2D eigenvalue weighted by Crippen LogP contribution is 2.30. The number of hydrogen-bond donors (Lipinski definition) is 2. The van der Waals surface area contributed by atoms with Crippen LogP contribution in [0.4, 0.5) is 18.9 Å². The summed E-state index contributed by atoms with van der Waals surface area (Å²) in [6.07, 6.45) is -2.66. The topological polar surface area (TPSA) is 61.8 Å². The van der Waals surface area contributed by atoms with Gasteiger partial charge in [0.05, 0.1) is 18.2 Å². The minimum Gasteiger partial charge on any atom is -0.508 e. The van der Waals surface area contributed by atoms with E-state index in [4.69, 9.17) is 4.74 Å². The molecule has 1 heterocycles. The quantitative estimate of drug-likeness (QED) is 0.726. The Bertz CT molecular complexity index is 836. The fourth-order valence-corrected chi connectivity index (χ4v) is 3.32. The fourth-order valence-electron chi connectivity index (χ4n) is 3.32. The first-order valence-corrected chi connectivity index (χ1v) is 9.39. The standard InChI is InChI=1S/C21H23F3N2O3/c22-21(23,24)16-6-3-7-17(11-16)25-20(28)14-26(13-18-8-4-10-29-18)12-15-5-1-2-9-19(15)27/h1-3,5-7,9,11,18,27H,4,8,10,12-14H2,(H,25,28). The monoisotopic (exact) mass is 408 g/mol. The van der Waals surface area contributed by atoms with Gasteiger partial charge in [0.15, 0.2) is 0 Å². The Balaban J connectivity index is 1.67. The van der Waals surface area contributed by atoms with Gasteiger partial charge in [-0.15, -0.1) is 0 Å². The van der Waals surface area contributed by atoms with Crippen LogP contribution >= 0.6 is 0 Å². The maximum Gasteiger partial charge on any atom is 0.416 e. The third kappa shape index (κ3) is 6.20. The van der Waals surface area contributed by atoms with Crippen molar-refractivity contribution in [3.8, 4) is 5.75 Å². The van der Waals surface area contributed by atoms with E-state index in [1.54, 1.807) is 24.3 Å². The summed E-state index contributed by atoms with van der Waals surface area (Å²) in [6, 6.07) is 11.4. The number of anilines is 1. The van der Waals surface area contributed by atoms with E-state index in [2.05, 4.69) is 5.32 Å². The molecule has 1 amide bonds. The number of nitrogens with one attached hydrogen (secondary N) is 1. The number of para-hydroxylation sites is 1. The zero-order valence-electron chi connectivity index (χ0n) is 15.8. The van der Waals surface area contributed by atoms with E-state index >= 15 is 0 Å². The number of carbonyl (C=O) groups excluding carboxylic acids is 1. The van der Waals surface area contributed by atoms with Gasteiger partial charge in [-0.25, -0.2) is 0 Å². The van der Waals surface area contributed by atoms with Crippen molar-refractivity contribution in [3.63, 3.8) is 0 Å². The van der Waals surface area contributed by atoms with Gasteiger partial charge in [0.25, 0.3) is 0 Å². The summed E-state index contributed by atoms with van der Waals surface area (Å²) in [5, 5.41) is 12.6. The van der Waals surface area contributed by atoms with Gasteiger partial charge in [0.1, 0.15) is 5.75 Å². The minimum atomic E-state index is -4.47. The Morgan fingerprint density at radius 2 is 2.00 bits per heavy atom. The number of carbonyl (C=O) groups is 1. The molecular formula is C21H23F3N2O3. The Labute approximate surface area is 167 Å². The lowest BCUT2D eigenvalue weighted by atomic mass is 10.1. The number of halogens is 3. The number of ether oxygens (including phenoxy) is 1. The van der Waals surface area contributed by atoms with Crippen LogP contribution in [0.3, 0.4) is 0 Å². The van der Waals surface area contributed by atoms with Crippen LogP contribution in [0.25, 0.3) is 0 Å². The molecule has 1 unspecified atom stereocenters. The molecule has 0 aliphatic carbocycles. The first-order chi connectivity index (χ1) is 13.8. The molecule has 3 rings (SSSR count). The zero-order chi connectivity index (χ0) is 20.9. The Morgan fingerprint density at radius 3 is 2.69 bits per heavy atom. The van der Waals surface area contributed by atoms with E-state index in [0.717, 1.165) is 25.0 Å². The summed E-state index contributed by atoms with van der Waals surface area (Å²) < 4.78 is 44.2. The first kappa shape index (κ1) is 21.1. The number of rotatable bonds is 7. The number of nitrogens with zero attached hydrogens (tertiary/aromatic N) is 1. The van der Waals surface area contributed by atoms with Gasteiger partial charge in [0.2, 0.25) is 5.91 Å². The second kappa shape index (κ2) is 9.28. The maximum atomic E-state index is 12.9. The van der Waals surface area contributed by atoms with Crippen LogP contribution in [-0.2, 0) is 22.3 Å². The van der Waals surface area contributed by atoms with Crippen molar-refractivity contribution in [3.05, 3.63) is 59.7 Å². The average Bonchev–Trinajstić information content (AvgIpc) is 3.16. The normalized spacial score (nSPS) is 16.9. The van der Waals surface area contributed by atoms with Gasteiger partial charge in [-0.3, -0.25) is 9.69 Å². The van der Waals surface area contributed by atoms with Gasteiger partial charge in [-0.1, -0.05) is 24.3 Å². The zero-order valence-corrected chi connectivity index (χ0v) is 15.8. The summed E-state index contributed by atoms with van der Waals surface area (Å²) in [7, 11) is 0. The van der Waals surface area contributed by atoms with Gasteiger partial charge < -0.3 is 15.2 Å². The molecule has 0 spiro atoms. The molecule has 2 aromatic carbocycles. The molecule has 1 saturated heterocycles. The highest BCUT2D eigenvalue weighted by molar-refractivity contribution is 5.92. The molecule has 156 valence electrons. The molecular weight excluding hydrogens is 385 g/mol. The average molecular weight is 408 g/mol. The van der Waals surface area contributed by atoms with Crippen LogP contribution in [0.15, 0.2) is 48.5 Å². The summed E-state index contributed by atoms with van der Waals surface area (Å²) in [6.45, 7) is 1.45. The molecule has 5 nitrogen and oxygen atoms in total. The summed E-state index contributed by atoms with van der Waals surface area (Å²) in [5.74, 6) is -0.305. The highest BCUT2D eigenvalue weighted by atomic mass is 19.4. The lowest BCUT2D eigenvalue weighted by Gasteiger charge is -2.25. The number of amides is 1. The molecule has 1 atom stereocenters. The minimum absolute atomic E-state index is 0.0118. The molecule has 2 aromatic rings. The first-order valence-electron chi connectivity index (χ1n) is 9.39. The SMILES string of the molecule is O=C(CN(Cc1ccccc1O)CC1CCCO1)Nc1cccc(C(F)(F)F)c1. The van der Waals surface area contributed by atoms with E-state index < -0.39 is 17.6 Å². The van der Waals surface area contributed by atoms with Gasteiger partial charge in [-0.05, 0) is 37.1 Å². The Hall–Kier alpha value is -2.58. The van der Waals surface area contributed by atoms with Crippen molar-refractivity contribution in [2.45, 2.75) is 31.7 Å². The van der Waals surface area contributed by atoms with E-state index in [9.17, 15) is 23.1 Å². The predicted molar refractivity (Wildman–Crippen MR) is 102 cm³/mol. The lowest BCUT2D eigenvalue weighted by Crippen LogP contribution is -2.38. The number of benzene rings is 2. The molecule has 0 radical (unpaired) electrons. The largest absolute Gasteiger partial charge is 0.508 e. The molecule has 1 aliphatic heterocycles. The number of hydrogen-bond acceptors (Lipinski definition) is 4. The Kier molecular flexibility index (Phi) is 6.76. The second-order valence-electron chi connectivity index (χ2n) is 7.06. The number of phenolic OH excluding ortho intramolecular Hbond substituents is 1. The molecule has 2 N–H and O–H groups in total. The van der Waals surface area contributed by atoms with Crippen molar-refractivity contribution in [1.29, 1.82) is 0 Å². The van der Waals surface area contributed by atoms with Gasteiger partial charge in [-0.2, -0.15) is 13.2 Å². The molecule has 1 fully saturated rings. The van der Waals surface area contributed by atoms with Crippen LogP contribution in [0.5, 0.6) is 5.75 Å². The van der Waals surface area contributed by atoms with Crippen LogP contribution in [0, 0.1) is 0 Å². The van der Waals surface area contributed by atoms with Crippen LogP contribution in [0.2, 0.25) is 0 Å². The van der Waals surface area contributed by atoms with Crippen LogP contribution < -0.4 is 5.32 Å². The van der Waals surface area contributed by atoms with Crippen molar-refractivity contribution >= 4 is 11.6 Å². The third-order valence-corrected chi connectivity index (χ3v) is 4.71. The van der Waals surface area contributed by atoms with Crippen LogP contribution in [0.1, 0.15) is 24.0 Å². The molecule has 0 bridgehead atoms. The van der Waals surface area contributed by atoms with E-state index in [0.29, 0.717) is 25.3 Å². The van der Waals surface area contributed by atoms with Gasteiger partial charge >= 0.3 is 6.18 Å². The Morgan fingerprint density at radius 1 is 1.21 bits per heavy atom. The lowest BCUT2D eigenvalue weighted by molar-refractivity contribution is -0.137. The maximum absolute atomic E-state index is 12.9. The smallest absolute Gasteiger partial charge is 0.416 e. The molecule has 8 heteroatoms. The third-order valence-electron chi connectivity index (χ3n) is 4.71. The van der Waals surface area contributed by atoms with Crippen molar-refractivity contribution < 1.29 is 27.8 Å². The number of alkyl halides is 3. The summed E-state index contributed by atoms with van der Waals surface area (Å²) >= 11 is 0. The molecule has 0 aromatic heterocycles. The summed E-state index contributed by atoms with van der Waals surface area (Å²) in [5.41, 5.74) is -0.0671. The number of aromatic hydroxyl groups is 1. The molecule has 29 heavy (non-hydrogen) atoms. The van der Waals surface area contributed by atoms with Crippen molar-refractivity contribution in [2.24, 2.45) is 0 Å². The predicted octanol–water partition coefficient (Wildman–Crippen LogP) is 4.03. The van der Waals surface area contributed by atoms with E-state index in [1.807, 2.05) is 4.90 Å². The fraction of sp³-hybridized carbons (Fsp3) is 0.381. The molecule has 0 saturated carbocycles.